The molecule has 0 bridgehead atoms. The zero-order chi connectivity index (χ0) is 16.1. The van der Waals surface area contributed by atoms with Crippen LogP contribution >= 0.6 is 11.6 Å². The Bertz CT molecular complexity index is 685. The molecular formula is C13H15ClN6O2. The van der Waals surface area contributed by atoms with Crippen LogP contribution in [0, 0.1) is 0 Å². The summed E-state index contributed by atoms with van der Waals surface area (Å²) in [6.07, 6.45) is 0. The van der Waals surface area contributed by atoms with Crippen molar-refractivity contribution in [3.05, 3.63) is 29.3 Å². The minimum Gasteiger partial charge on any atom is -0.336 e. The number of urea groups is 1. The zero-order valence-corrected chi connectivity index (χ0v) is 12.8. The average Bonchev–Trinajstić information content (AvgIpc) is 2.85. The maximum atomic E-state index is 11.7. The minimum atomic E-state index is -0.560. The van der Waals surface area contributed by atoms with Crippen molar-refractivity contribution >= 4 is 23.5 Å². The van der Waals surface area contributed by atoms with E-state index in [4.69, 9.17) is 11.6 Å². The fourth-order valence-corrected chi connectivity index (χ4v) is 1.84. The van der Waals surface area contributed by atoms with Crippen molar-refractivity contribution in [2.75, 3.05) is 0 Å². The van der Waals surface area contributed by atoms with Crippen LogP contribution in [0.25, 0.3) is 11.4 Å². The third-order valence-electron chi connectivity index (χ3n) is 2.49. The molecule has 0 atom stereocenters. The van der Waals surface area contributed by atoms with Gasteiger partial charge in [0, 0.05) is 16.6 Å². The van der Waals surface area contributed by atoms with Gasteiger partial charge in [-0.25, -0.2) is 4.79 Å². The molecule has 0 spiro atoms. The summed E-state index contributed by atoms with van der Waals surface area (Å²) in [5.41, 5.74) is 0.691. The highest BCUT2D eigenvalue weighted by atomic mass is 35.5. The lowest BCUT2D eigenvalue weighted by Gasteiger charge is -2.08. The second kappa shape index (κ2) is 6.99. The molecule has 0 unspecified atom stereocenters. The first-order chi connectivity index (χ1) is 10.4. The minimum absolute atomic E-state index is 0.0632. The normalized spacial score (nSPS) is 10.5. The van der Waals surface area contributed by atoms with E-state index in [0.29, 0.717) is 16.4 Å². The zero-order valence-electron chi connectivity index (χ0n) is 12.1. The molecule has 0 aliphatic rings. The maximum absolute atomic E-state index is 11.7. The largest absolute Gasteiger partial charge is 0.336 e. The summed E-state index contributed by atoms with van der Waals surface area (Å²) in [4.78, 5) is 24.2. The predicted octanol–water partition coefficient (Wildman–Crippen LogP) is 1.23. The smallest absolute Gasteiger partial charge is 0.321 e. The van der Waals surface area contributed by atoms with Crippen LogP contribution in [-0.4, -0.2) is 38.2 Å². The maximum Gasteiger partial charge on any atom is 0.321 e. The van der Waals surface area contributed by atoms with Crippen LogP contribution in [0.5, 0.6) is 0 Å². The van der Waals surface area contributed by atoms with Gasteiger partial charge in [-0.2, -0.15) is 4.80 Å². The molecule has 0 aliphatic heterocycles. The molecule has 9 heteroatoms. The van der Waals surface area contributed by atoms with Crippen molar-refractivity contribution in [3.8, 4) is 11.4 Å². The number of halogens is 1. The first-order valence-corrected chi connectivity index (χ1v) is 6.96. The molecule has 0 saturated carbocycles. The van der Waals surface area contributed by atoms with Crippen LogP contribution in [0.2, 0.25) is 5.02 Å². The first kappa shape index (κ1) is 15.9. The van der Waals surface area contributed by atoms with Crippen molar-refractivity contribution in [1.82, 2.24) is 30.8 Å². The van der Waals surface area contributed by atoms with Crippen LogP contribution in [0.1, 0.15) is 13.8 Å². The molecule has 1 heterocycles. The topological polar surface area (TPSA) is 102 Å². The van der Waals surface area contributed by atoms with Crippen molar-refractivity contribution in [2.45, 2.75) is 26.4 Å². The van der Waals surface area contributed by atoms with Gasteiger partial charge in [0.15, 0.2) is 0 Å². The summed E-state index contributed by atoms with van der Waals surface area (Å²) in [7, 11) is 0. The summed E-state index contributed by atoms with van der Waals surface area (Å²) in [6.45, 7) is 3.37. The number of amides is 3. The number of tetrazole rings is 1. The van der Waals surface area contributed by atoms with Crippen LogP contribution in [-0.2, 0) is 11.3 Å². The Kier molecular flexibility index (Phi) is 5.05. The number of hydrogen-bond acceptors (Lipinski definition) is 5. The summed E-state index contributed by atoms with van der Waals surface area (Å²) >= 11 is 5.89. The van der Waals surface area contributed by atoms with E-state index in [1.807, 2.05) is 0 Å². The molecule has 8 nitrogen and oxygen atoms in total. The van der Waals surface area contributed by atoms with Gasteiger partial charge in [0.25, 0.3) is 5.91 Å². The molecule has 2 aromatic rings. The Labute approximate surface area is 131 Å². The Morgan fingerprint density at radius 2 is 2.14 bits per heavy atom. The summed E-state index contributed by atoms with van der Waals surface area (Å²) in [5, 5.41) is 17.0. The molecule has 0 saturated heterocycles. The predicted molar refractivity (Wildman–Crippen MR) is 80.1 cm³/mol. The lowest BCUT2D eigenvalue weighted by molar-refractivity contribution is -0.121. The number of imide groups is 1. The van der Waals surface area contributed by atoms with Gasteiger partial charge in [0.1, 0.15) is 6.54 Å². The fourth-order valence-electron chi connectivity index (χ4n) is 1.65. The Morgan fingerprint density at radius 1 is 1.36 bits per heavy atom. The van der Waals surface area contributed by atoms with Crippen molar-refractivity contribution < 1.29 is 9.59 Å². The monoisotopic (exact) mass is 322 g/mol. The van der Waals surface area contributed by atoms with Crippen LogP contribution < -0.4 is 10.6 Å². The molecule has 1 aromatic carbocycles. The molecule has 0 fully saturated rings. The van der Waals surface area contributed by atoms with E-state index >= 15 is 0 Å². The van der Waals surface area contributed by atoms with E-state index in [2.05, 4.69) is 26.0 Å². The number of carbonyl (C=O) groups is 2. The SMILES string of the molecule is CC(C)NC(=O)NC(=O)Cn1nnc(-c2cccc(Cl)c2)n1. The van der Waals surface area contributed by atoms with Gasteiger partial charge in [-0.3, -0.25) is 10.1 Å². The lowest BCUT2D eigenvalue weighted by Crippen LogP contribution is -2.43. The van der Waals surface area contributed by atoms with E-state index in [0.717, 1.165) is 4.80 Å². The number of carbonyl (C=O) groups excluding carboxylic acids is 2. The third kappa shape index (κ3) is 4.52. The number of hydrogen-bond donors (Lipinski definition) is 2. The highest BCUT2D eigenvalue weighted by molar-refractivity contribution is 6.30. The van der Waals surface area contributed by atoms with Crippen molar-refractivity contribution in [1.29, 1.82) is 0 Å². The van der Waals surface area contributed by atoms with Gasteiger partial charge in [0.05, 0.1) is 0 Å². The average molecular weight is 323 g/mol. The van der Waals surface area contributed by atoms with Crippen molar-refractivity contribution in [3.63, 3.8) is 0 Å². The van der Waals surface area contributed by atoms with Gasteiger partial charge in [0.2, 0.25) is 5.82 Å². The van der Waals surface area contributed by atoms with Gasteiger partial charge in [-0.05, 0) is 31.2 Å². The van der Waals surface area contributed by atoms with E-state index in [1.54, 1.807) is 38.1 Å². The number of nitrogens with zero attached hydrogens (tertiary/aromatic N) is 4. The molecular weight excluding hydrogens is 308 g/mol. The van der Waals surface area contributed by atoms with Crippen LogP contribution in [0.3, 0.4) is 0 Å². The molecule has 0 radical (unpaired) electrons. The van der Waals surface area contributed by atoms with Crippen molar-refractivity contribution in [2.24, 2.45) is 0 Å². The second-order valence-electron chi connectivity index (χ2n) is 4.83. The highest BCUT2D eigenvalue weighted by Gasteiger charge is 2.12. The Hall–Kier alpha value is -2.48. The van der Waals surface area contributed by atoms with E-state index in [-0.39, 0.29) is 12.6 Å². The molecule has 116 valence electrons. The standard InChI is InChI=1S/C13H15ClN6O2/c1-8(2)15-13(22)16-11(21)7-20-18-12(17-19-20)9-4-3-5-10(14)6-9/h3-6,8H,7H2,1-2H3,(H2,15,16,21,22). The van der Waals surface area contributed by atoms with Gasteiger partial charge in [-0.1, -0.05) is 23.7 Å². The summed E-state index contributed by atoms with van der Waals surface area (Å²) in [6, 6.07) is 6.35. The second-order valence-corrected chi connectivity index (χ2v) is 5.27. The van der Waals surface area contributed by atoms with E-state index in [1.165, 1.54) is 0 Å². The lowest BCUT2D eigenvalue weighted by atomic mass is 10.2. The van der Waals surface area contributed by atoms with Gasteiger partial charge < -0.3 is 5.32 Å². The molecule has 2 rings (SSSR count). The Balaban J connectivity index is 1.97. The van der Waals surface area contributed by atoms with Gasteiger partial charge >= 0.3 is 6.03 Å². The summed E-state index contributed by atoms with van der Waals surface area (Å²) in [5.74, 6) is -0.185. The first-order valence-electron chi connectivity index (χ1n) is 6.58. The molecule has 3 amide bonds. The van der Waals surface area contributed by atoms with E-state index < -0.39 is 11.9 Å². The number of benzene rings is 1. The van der Waals surface area contributed by atoms with Gasteiger partial charge in [-0.15, -0.1) is 10.2 Å². The molecule has 22 heavy (non-hydrogen) atoms. The van der Waals surface area contributed by atoms with Crippen LogP contribution in [0.4, 0.5) is 4.79 Å². The number of nitrogens with one attached hydrogen (secondary N) is 2. The van der Waals surface area contributed by atoms with Crippen LogP contribution in [0.15, 0.2) is 24.3 Å². The molecule has 1 aromatic heterocycles. The molecule has 0 aliphatic carbocycles. The third-order valence-corrected chi connectivity index (χ3v) is 2.73. The number of aromatic nitrogens is 4. The Morgan fingerprint density at radius 3 is 2.82 bits per heavy atom. The van der Waals surface area contributed by atoms with E-state index in [9.17, 15) is 9.59 Å². The number of rotatable bonds is 4. The molecule has 2 N–H and O–H groups in total. The summed E-state index contributed by atoms with van der Waals surface area (Å²) < 4.78 is 0. The fraction of sp³-hybridized carbons (Fsp3) is 0.308. The highest BCUT2D eigenvalue weighted by Crippen LogP contribution is 2.18. The quantitative estimate of drug-likeness (QED) is 0.881.